The lowest BCUT2D eigenvalue weighted by Gasteiger charge is -2.12. The van der Waals surface area contributed by atoms with Gasteiger partial charge in [0, 0.05) is 20.8 Å². The molecule has 0 saturated heterocycles. The normalized spacial score (nSPS) is 12.6. The highest BCUT2D eigenvalue weighted by Gasteiger charge is 2.03. The van der Waals surface area contributed by atoms with Crippen molar-refractivity contribution >= 4 is 39.9 Å². The molecule has 1 rings (SSSR count). The fourth-order valence-corrected chi connectivity index (χ4v) is 2.07. The van der Waals surface area contributed by atoms with Crippen molar-refractivity contribution in [3.63, 3.8) is 0 Å². The minimum absolute atomic E-state index is 0.290. The van der Waals surface area contributed by atoms with Gasteiger partial charge in [0.25, 0.3) is 0 Å². The third kappa shape index (κ3) is 3.63. The average Bonchev–Trinajstić information content (AvgIpc) is 2.16. The van der Waals surface area contributed by atoms with E-state index in [4.69, 9.17) is 11.6 Å². The number of hydrogen-bond acceptors (Lipinski definition) is 2. The van der Waals surface area contributed by atoms with Crippen LogP contribution in [0.15, 0.2) is 18.2 Å². The number of hydrogen-bond donors (Lipinski definition) is 2. The Bertz CT molecular complexity index is 306. The zero-order valence-corrected chi connectivity index (χ0v) is 10.8. The molecule has 14 heavy (non-hydrogen) atoms. The largest absolute Gasteiger partial charge is 0.391 e. The summed E-state index contributed by atoms with van der Waals surface area (Å²) in [6.07, 6.45) is 0.471. The van der Waals surface area contributed by atoms with E-state index in [1.165, 1.54) is 0 Å². The number of anilines is 1. The smallest absolute Gasteiger partial charge is 0.0709 e. The van der Waals surface area contributed by atoms with E-state index in [0.717, 1.165) is 20.7 Å². The van der Waals surface area contributed by atoms with Crippen LogP contribution in [-0.4, -0.2) is 17.8 Å². The Morgan fingerprint density at radius 1 is 1.57 bits per heavy atom. The Morgan fingerprint density at radius 3 is 2.86 bits per heavy atom. The summed E-state index contributed by atoms with van der Waals surface area (Å²) in [6, 6.07) is 5.65. The molecule has 1 unspecified atom stereocenters. The predicted octanol–water partition coefficient (Wildman–Crippen LogP) is 3.13. The van der Waals surface area contributed by atoms with Gasteiger partial charge in [-0.3, -0.25) is 0 Å². The second-order valence-corrected chi connectivity index (χ2v) is 4.67. The van der Waals surface area contributed by atoms with E-state index in [-0.39, 0.29) is 6.10 Å². The summed E-state index contributed by atoms with van der Waals surface area (Å²) >= 11 is 8.04. The van der Waals surface area contributed by atoms with Crippen LogP contribution in [0.3, 0.4) is 0 Å². The van der Waals surface area contributed by atoms with Gasteiger partial charge in [0.05, 0.1) is 6.10 Å². The number of halogens is 2. The predicted molar refractivity (Wildman–Crippen MR) is 69.0 cm³/mol. The first-order valence-corrected chi connectivity index (χ1v) is 5.96. The minimum atomic E-state index is -0.290. The zero-order valence-electron chi connectivity index (χ0n) is 7.93. The van der Waals surface area contributed by atoms with Crippen LogP contribution in [0.4, 0.5) is 5.69 Å². The summed E-state index contributed by atoms with van der Waals surface area (Å²) in [6.45, 7) is 2.54. The van der Waals surface area contributed by atoms with Crippen molar-refractivity contribution in [2.75, 3.05) is 11.9 Å². The molecule has 0 aromatic heterocycles. The maximum absolute atomic E-state index is 9.37. The van der Waals surface area contributed by atoms with E-state index >= 15 is 0 Å². The molecule has 0 fully saturated rings. The van der Waals surface area contributed by atoms with Crippen LogP contribution in [-0.2, 0) is 0 Å². The lowest BCUT2D eigenvalue weighted by Crippen LogP contribution is -2.18. The molecular weight excluding hydrogens is 312 g/mol. The standard InChI is InChI=1S/C10H13ClINO/c1-2-8(14)6-13-10-4-3-7(11)5-9(10)12/h3-5,8,13-14H,2,6H2,1H3. The Labute approximate surface area is 103 Å². The van der Waals surface area contributed by atoms with Gasteiger partial charge in [-0.25, -0.2) is 0 Å². The van der Waals surface area contributed by atoms with E-state index in [0.29, 0.717) is 6.54 Å². The Kier molecular flexibility index (Phi) is 4.98. The molecule has 2 nitrogen and oxygen atoms in total. The number of benzene rings is 1. The Morgan fingerprint density at radius 2 is 2.29 bits per heavy atom. The molecule has 0 radical (unpaired) electrons. The molecule has 2 N–H and O–H groups in total. The van der Waals surface area contributed by atoms with Gasteiger partial charge in [-0.2, -0.15) is 0 Å². The van der Waals surface area contributed by atoms with Gasteiger partial charge < -0.3 is 10.4 Å². The highest BCUT2D eigenvalue weighted by atomic mass is 127. The molecule has 4 heteroatoms. The van der Waals surface area contributed by atoms with Gasteiger partial charge >= 0.3 is 0 Å². The minimum Gasteiger partial charge on any atom is -0.391 e. The number of rotatable bonds is 4. The molecule has 1 atom stereocenters. The lowest BCUT2D eigenvalue weighted by atomic mass is 10.2. The number of aliphatic hydroxyl groups is 1. The fourth-order valence-electron chi connectivity index (χ4n) is 1.00. The first-order valence-electron chi connectivity index (χ1n) is 4.50. The van der Waals surface area contributed by atoms with Crippen LogP contribution in [0.25, 0.3) is 0 Å². The maximum Gasteiger partial charge on any atom is 0.0709 e. The van der Waals surface area contributed by atoms with E-state index in [2.05, 4.69) is 27.9 Å². The Balaban J connectivity index is 2.59. The second-order valence-electron chi connectivity index (χ2n) is 3.07. The quantitative estimate of drug-likeness (QED) is 0.834. The van der Waals surface area contributed by atoms with Crippen LogP contribution in [0.1, 0.15) is 13.3 Å². The van der Waals surface area contributed by atoms with Gasteiger partial charge in [-0.05, 0) is 47.2 Å². The molecule has 0 aliphatic rings. The maximum atomic E-state index is 9.37. The monoisotopic (exact) mass is 325 g/mol. The van der Waals surface area contributed by atoms with E-state index < -0.39 is 0 Å². The second kappa shape index (κ2) is 5.78. The molecule has 1 aromatic carbocycles. The van der Waals surface area contributed by atoms with Crippen LogP contribution < -0.4 is 5.32 Å². The molecule has 0 aliphatic heterocycles. The van der Waals surface area contributed by atoms with Gasteiger partial charge in [0.1, 0.15) is 0 Å². The van der Waals surface area contributed by atoms with Crippen molar-refractivity contribution in [1.82, 2.24) is 0 Å². The van der Waals surface area contributed by atoms with Crippen LogP contribution >= 0.6 is 34.2 Å². The molecule has 1 aromatic rings. The summed E-state index contributed by atoms with van der Waals surface area (Å²) in [5.74, 6) is 0. The summed E-state index contributed by atoms with van der Waals surface area (Å²) in [4.78, 5) is 0. The van der Waals surface area contributed by atoms with Crippen molar-refractivity contribution in [3.05, 3.63) is 26.8 Å². The van der Waals surface area contributed by atoms with Crippen LogP contribution in [0, 0.1) is 3.57 Å². The first-order chi connectivity index (χ1) is 6.63. The summed E-state index contributed by atoms with van der Waals surface area (Å²) in [5.41, 5.74) is 1.02. The SMILES string of the molecule is CCC(O)CNc1ccc(Cl)cc1I. The summed E-state index contributed by atoms with van der Waals surface area (Å²) < 4.78 is 1.07. The van der Waals surface area contributed by atoms with Crippen molar-refractivity contribution < 1.29 is 5.11 Å². The molecule has 0 amide bonds. The lowest BCUT2D eigenvalue weighted by molar-refractivity contribution is 0.183. The summed E-state index contributed by atoms with van der Waals surface area (Å²) in [5, 5.41) is 13.3. The van der Waals surface area contributed by atoms with Gasteiger partial charge in [-0.15, -0.1) is 0 Å². The van der Waals surface area contributed by atoms with E-state index in [1.54, 1.807) is 0 Å². The molecule has 0 saturated carbocycles. The van der Waals surface area contributed by atoms with Crippen molar-refractivity contribution in [3.8, 4) is 0 Å². The highest BCUT2D eigenvalue weighted by molar-refractivity contribution is 14.1. The number of aliphatic hydroxyl groups excluding tert-OH is 1. The van der Waals surface area contributed by atoms with Crippen molar-refractivity contribution in [2.24, 2.45) is 0 Å². The zero-order chi connectivity index (χ0) is 10.6. The molecular formula is C10H13ClINO. The molecule has 0 bridgehead atoms. The van der Waals surface area contributed by atoms with Crippen LogP contribution in [0.2, 0.25) is 5.02 Å². The fraction of sp³-hybridized carbons (Fsp3) is 0.400. The average molecular weight is 326 g/mol. The third-order valence-electron chi connectivity index (χ3n) is 1.93. The molecule has 0 spiro atoms. The van der Waals surface area contributed by atoms with Gasteiger partial charge in [0.2, 0.25) is 0 Å². The van der Waals surface area contributed by atoms with Gasteiger partial charge in [0.15, 0.2) is 0 Å². The van der Waals surface area contributed by atoms with Crippen molar-refractivity contribution in [1.29, 1.82) is 0 Å². The van der Waals surface area contributed by atoms with Crippen molar-refractivity contribution in [2.45, 2.75) is 19.4 Å². The van der Waals surface area contributed by atoms with Crippen LogP contribution in [0.5, 0.6) is 0 Å². The Hall–Kier alpha value is -0.000000000000000111. The molecule has 0 heterocycles. The highest BCUT2D eigenvalue weighted by Crippen LogP contribution is 2.22. The van der Waals surface area contributed by atoms with E-state index in [9.17, 15) is 5.11 Å². The topological polar surface area (TPSA) is 32.3 Å². The molecule has 78 valence electrons. The van der Waals surface area contributed by atoms with Gasteiger partial charge in [-0.1, -0.05) is 18.5 Å². The summed E-state index contributed by atoms with van der Waals surface area (Å²) in [7, 11) is 0. The molecule has 0 aliphatic carbocycles. The first kappa shape index (κ1) is 12.1. The number of nitrogens with one attached hydrogen (secondary N) is 1. The third-order valence-corrected chi connectivity index (χ3v) is 3.06. The van der Waals surface area contributed by atoms with E-state index in [1.807, 2.05) is 25.1 Å².